The van der Waals surface area contributed by atoms with E-state index >= 15 is 0 Å². The number of likely N-dealkylation sites (N-methyl/N-ethyl adjacent to an activating group) is 1. The van der Waals surface area contributed by atoms with Gasteiger partial charge in [-0.3, -0.25) is 4.90 Å². The van der Waals surface area contributed by atoms with Gasteiger partial charge in [0.2, 0.25) is 0 Å². The number of hydrogen-bond acceptors (Lipinski definition) is 5. The molecule has 0 aliphatic carbocycles. The van der Waals surface area contributed by atoms with E-state index in [2.05, 4.69) is 63.8 Å². The van der Waals surface area contributed by atoms with Crippen molar-refractivity contribution in [1.82, 2.24) is 15.1 Å². The van der Waals surface area contributed by atoms with E-state index in [1.807, 2.05) is 12.1 Å². The van der Waals surface area contributed by atoms with Crippen LogP contribution in [-0.4, -0.2) is 35.3 Å². The molecule has 5 heteroatoms. The highest BCUT2D eigenvalue weighted by molar-refractivity contribution is 7.17. The molecule has 0 radical (unpaired) electrons. The van der Waals surface area contributed by atoms with Crippen LogP contribution in [0.15, 0.2) is 60.1 Å². The van der Waals surface area contributed by atoms with Gasteiger partial charge in [-0.1, -0.05) is 31.2 Å². The van der Waals surface area contributed by atoms with Gasteiger partial charge in [-0.2, -0.15) is 10.2 Å². The Labute approximate surface area is 174 Å². The van der Waals surface area contributed by atoms with Crippen molar-refractivity contribution >= 4 is 21.4 Å². The van der Waals surface area contributed by atoms with E-state index in [0.717, 1.165) is 36.6 Å². The van der Waals surface area contributed by atoms with E-state index in [0.29, 0.717) is 0 Å². The summed E-state index contributed by atoms with van der Waals surface area (Å²) in [6.07, 6.45) is 1.71. The molecule has 0 bridgehead atoms. The Morgan fingerprint density at radius 2 is 2.03 bits per heavy atom. The number of nitrogens with zero attached hydrogens (tertiary/aromatic N) is 3. The second kappa shape index (κ2) is 7.58. The SMILES string of the molecule is CCN1Cc2cc(-c3cccnn3)ccc2C(c2ccc3ccsc3c2OC)C1. The second-order valence-corrected chi connectivity index (χ2v) is 8.35. The lowest BCUT2D eigenvalue weighted by atomic mass is 9.83. The van der Waals surface area contributed by atoms with Gasteiger partial charge in [0.1, 0.15) is 5.75 Å². The molecule has 4 aromatic rings. The summed E-state index contributed by atoms with van der Waals surface area (Å²) in [5, 5.41) is 11.7. The third kappa shape index (κ3) is 3.20. The molecular weight excluding hydrogens is 378 g/mol. The van der Waals surface area contributed by atoms with Crippen LogP contribution in [0, 0.1) is 0 Å². The van der Waals surface area contributed by atoms with Crippen molar-refractivity contribution in [1.29, 1.82) is 0 Å². The standard InChI is InChI=1S/C24H23N3OS/c1-3-27-14-18-13-17(22-5-4-11-25-26-22)7-8-19(18)21(15-27)20-9-6-16-10-12-29-24(16)23(20)28-2/h4-13,21H,3,14-15H2,1-2H3. The van der Waals surface area contributed by atoms with Gasteiger partial charge < -0.3 is 4.74 Å². The highest BCUT2D eigenvalue weighted by Crippen LogP contribution is 2.43. The average molecular weight is 402 g/mol. The number of ether oxygens (including phenoxy) is 1. The van der Waals surface area contributed by atoms with E-state index in [4.69, 9.17) is 4.74 Å². The average Bonchev–Trinajstić information content (AvgIpc) is 3.26. The maximum absolute atomic E-state index is 5.92. The third-order valence-corrected chi connectivity index (χ3v) is 6.78. The van der Waals surface area contributed by atoms with Crippen molar-refractivity contribution in [2.75, 3.05) is 20.2 Å². The van der Waals surface area contributed by atoms with E-state index in [1.54, 1.807) is 24.6 Å². The smallest absolute Gasteiger partial charge is 0.140 e. The first kappa shape index (κ1) is 18.3. The van der Waals surface area contributed by atoms with E-state index in [1.165, 1.54) is 26.8 Å². The van der Waals surface area contributed by atoms with Gasteiger partial charge in [0, 0.05) is 36.3 Å². The molecule has 0 saturated carbocycles. The van der Waals surface area contributed by atoms with Gasteiger partial charge in [-0.25, -0.2) is 0 Å². The Balaban J connectivity index is 1.64. The van der Waals surface area contributed by atoms with Crippen molar-refractivity contribution in [2.45, 2.75) is 19.4 Å². The quantitative estimate of drug-likeness (QED) is 0.463. The predicted octanol–water partition coefficient (Wildman–Crippen LogP) is 5.33. The van der Waals surface area contributed by atoms with Crippen LogP contribution in [-0.2, 0) is 6.54 Å². The molecule has 0 amide bonds. The summed E-state index contributed by atoms with van der Waals surface area (Å²) in [6.45, 7) is 5.21. The zero-order valence-corrected chi connectivity index (χ0v) is 17.4. The summed E-state index contributed by atoms with van der Waals surface area (Å²) < 4.78 is 7.15. The van der Waals surface area contributed by atoms with E-state index in [-0.39, 0.29) is 5.92 Å². The van der Waals surface area contributed by atoms with Gasteiger partial charge in [0.05, 0.1) is 17.5 Å². The fourth-order valence-corrected chi connectivity index (χ4v) is 5.30. The molecule has 2 aromatic heterocycles. The van der Waals surface area contributed by atoms with Crippen LogP contribution in [0.4, 0.5) is 0 Å². The zero-order valence-electron chi connectivity index (χ0n) is 16.6. The molecule has 29 heavy (non-hydrogen) atoms. The first-order chi connectivity index (χ1) is 14.3. The maximum atomic E-state index is 5.92. The summed E-state index contributed by atoms with van der Waals surface area (Å²) in [5.74, 6) is 1.31. The summed E-state index contributed by atoms with van der Waals surface area (Å²) in [7, 11) is 1.79. The third-order valence-electron chi connectivity index (χ3n) is 5.85. The van der Waals surface area contributed by atoms with Gasteiger partial charge in [0.25, 0.3) is 0 Å². The highest BCUT2D eigenvalue weighted by Gasteiger charge is 2.29. The zero-order chi connectivity index (χ0) is 19.8. The summed E-state index contributed by atoms with van der Waals surface area (Å²) in [4.78, 5) is 2.51. The molecule has 1 aliphatic rings. The van der Waals surface area contributed by atoms with Crippen LogP contribution in [0.3, 0.4) is 0 Å². The fourth-order valence-electron chi connectivity index (χ4n) is 4.37. The number of benzene rings is 2. The van der Waals surface area contributed by atoms with Gasteiger partial charge in [0.15, 0.2) is 0 Å². The van der Waals surface area contributed by atoms with E-state index in [9.17, 15) is 0 Å². The van der Waals surface area contributed by atoms with Crippen LogP contribution >= 0.6 is 11.3 Å². The fraction of sp³-hybridized carbons (Fsp3) is 0.250. The minimum absolute atomic E-state index is 0.288. The van der Waals surface area contributed by atoms with Crippen molar-refractivity contribution < 1.29 is 4.74 Å². The Hall–Kier alpha value is -2.76. The molecule has 0 saturated heterocycles. The Bertz CT molecular complexity index is 1160. The molecule has 3 heterocycles. The Morgan fingerprint density at radius 1 is 1.14 bits per heavy atom. The molecule has 5 rings (SSSR count). The minimum atomic E-state index is 0.288. The van der Waals surface area contributed by atoms with Crippen LogP contribution in [0.2, 0.25) is 0 Å². The molecule has 0 N–H and O–H groups in total. The number of aromatic nitrogens is 2. The molecule has 0 spiro atoms. The van der Waals surface area contributed by atoms with Gasteiger partial charge >= 0.3 is 0 Å². The number of fused-ring (bicyclic) bond motifs is 2. The maximum Gasteiger partial charge on any atom is 0.140 e. The summed E-state index contributed by atoms with van der Waals surface area (Å²) >= 11 is 1.75. The van der Waals surface area contributed by atoms with Gasteiger partial charge in [-0.05, 0) is 52.7 Å². The lowest BCUT2D eigenvalue weighted by Crippen LogP contribution is -2.34. The van der Waals surface area contributed by atoms with Crippen LogP contribution in [0.5, 0.6) is 5.75 Å². The topological polar surface area (TPSA) is 38.2 Å². The summed E-state index contributed by atoms with van der Waals surface area (Å²) in [6, 6.07) is 17.3. The molecule has 1 aliphatic heterocycles. The number of thiophene rings is 1. The Kier molecular flexibility index (Phi) is 4.78. The first-order valence-corrected chi connectivity index (χ1v) is 10.8. The largest absolute Gasteiger partial charge is 0.495 e. The monoisotopic (exact) mass is 401 g/mol. The van der Waals surface area contributed by atoms with Crippen molar-refractivity contribution in [3.8, 4) is 17.0 Å². The Morgan fingerprint density at radius 3 is 2.83 bits per heavy atom. The first-order valence-electron chi connectivity index (χ1n) is 9.96. The normalized spacial score (nSPS) is 16.7. The van der Waals surface area contributed by atoms with E-state index < -0.39 is 0 Å². The lowest BCUT2D eigenvalue weighted by molar-refractivity contribution is 0.251. The molecule has 4 nitrogen and oxygen atoms in total. The highest BCUT2D eigenvalue weighted by atomic mass is 32.1. The molecule has 1 unspecified atom stereocenters. The molecule has 0 fully saturated rings. The minimum Gasteiger partial charge on any atom is -0.495 e. The molecule has 146 valence electrons. The van der Waals surface area contributed by atoms with Gasteiger partial charge in [-0.15, -0.1) is 11.3 Å². The number of rotatable bonds is 4. The molecule has 2 aromatic carbocycles. The van der Waals surface area contributed by atoms with Crippen LogP contribution < -0.4 is 4.74 Å². The number of hydrogen-bond donors (Lipinski definition) is 0. The number of methoxy groups -OCH3 is 1. The van der Waals surface area contributed by atoms with Crippen LogP contribution in [0.1, 0.15) is 29.5 Å². The second-order valence-electron chi connectivity index (χ2n) is 7.43. The molecule has 1 atom stereocenters. The summed E-state index contributed by atoms with van der Waals surface area (Å²) in [5.41, 5.74) is 6.05. The predicted molar refractivity (Wildman–Crippen MR) is 119 cm³/mol. The van der Waals surface area contributed by atoms with Crippen LogP contribution in [0.25, 0.3) is 21.3 Å². The van der Waals surface area contributed by atoms with Crippen molar-refractivity contribution in [3.05, 3.63) is 76.8 Å². The lowest BCUT2D eigenvalue weighted by Gasteiger charge is -2.35. The molecular formula is C24H23N3OS. The van der Waals surface area contributed by atoms with Crippen molar-refractivity contribution in [3.63, 3.8) is 0 Å². The van der Waals surface area contributed by atoms with Crippen molar-refractivity contribution in [2.24, 2.45) is 0 Å².